The van der Waals surface area contributed by atoms with Gasteiger partial charge in [-0.2, -0.15) is 5.10 Å². The molecule has 1 fully saturated rings. The van der Waals surface area contributed by atoms with Crippen molar-refractivity contribution >= 4 is 5.91 Å². The Hall–Kier alpha value is -2.34. The van der Waals surface area contributed by atoms with E-state index in [0.717, 1.165) is 43.5 Å². The number of benzene rings is 1. The summed E-state index contributed by atoms with van der Waals surface area (Å²) < 4.78 is 6.77. The lowest BCUT2D eigenvalue weighted by molar-refractivity contribution is 0.00521. The number of nitrogens with one attached hydrogen (secondary N) is 1. The van der Waals surface area contributed by atoms with Crippen molar-refractivity contribution in [3.63, 3.8) is 0 Å². The fourth-order valence-electron chi connectivity index (χ4n) is 3.05. The van der Waals surface area contributed by atoms with Gasteiger partial charge < -0.3 is 15.2 Å². The number of ether oxygens (including phenoxy) is 1. The topological polar surface area (TPSA) is 76.4 Å². The van der Waals surface area contributed by atoms with Crippen LogP contribution < -0.4 is 10.1 Å². The van der Waals surface area contributed by atoms with E-state index in [1.807, 2.05) is 24.3 Å². The molecule has 6 nitrogen and oxygen atoms in total. The Morgan fingerprint density at radius 1 is 1.25 bits per heavy atom. The SMILES string of the molecule is COc1ccc(-n2ccc(C(=O)NCC3(O)CCCCC3)n2)cc1. The highest BCUT2D eigenvalue weighted by molar-refractivity contribution is 5.92. The normalized spacial score (nSPS) is 16.6. The lowest BCUT2D eigenvalue weighted by Crippen LogP contribution is -2.44. The van der Waals surface area contributed by atoms with Gasteiger partial charge in [0.2, 0.25) is 0 Å². The first kappa shape index (κ1) is 16.5. The average molecular weight is 329 g/mol. The van der Waals surface area contributed by atoms with Crippen LogP contribution in [0.25, 0.3) is 5.69 Å². The molecule has 0 unspecified atom stereocenters. The molecule has 6 heteroatoms. The Kier molecular flexibility index (Phi) is 4.85. The highest BCUT2D eigenvalue weighted by Crippen LogP contribution is 2.27. The summed E-state index contributed by atoms with van der Waals surface area (Å²) >= 11 is 0. The molecule has 2 N–H and O–H groups in total. The van der Waals surface area contributed by atoms with E-state index in [2.05, 4.69) is 10.4 Å². The Balaban J connectivity index is 1.62. The van der Waals surface area contributed by atoms with E-state index in [-0.39, 0.29) is 12.5 Å². The maximum Gasteiger partial charge on any atom is 0.271 e. The summed E-state index contributed by atoms with van der Waals surface area (Å²) in [6.07, 6.45) is 6.41. The van der Waals surface area contributed by atoms with Gasteiger partial charge in [0.1, 0.15) is 5.75 Å². The second-order valence-electron chi connectivity index (χ2n) is 6.31. The van der Waals surface area contributed by atoms with E-state index in [9.17, 15) is 9.90 Å². The van der Waals surface area contributed by atoms with Gasteiger partial charge in [0.05, 0.1) is 18.4 Å². The molecule has 1 amide bonds. The van der Waals surface area contributed by atoms with Crippen LogP contribution in [0.3, 0.4) is 0 Å². The van der Waals surface area contributed by atoms with Crippen molar-refractivity contribution in [1.82, 2.24) is 15.1 Å². The zero-order valence-corrected chi connectivity index (χ0v) is 13.9. The van der Waals surface area contributed by atoms with E-state index < -0.39 is 5.60 Å². The molecule has 3 rings (SSSR count). The predicted molar refractivity (Wildman–Crippen MR) is 90.5 cm³/mol. The van der Waals surface area contributed by atoms with Crippen LogP contribution in [-0.2, 0) is 0 Å². The van der Waals surface area contributed by atoms with Crippen molar-refractivity contribution in [2.75, 3.05) is 13.7 Å². The van der Waals surface area contributed by atoms with Gasteiger partial charge in [-0.25, -0.2) is 4.68 Å². The molecular formula is C18H23N3O3. The molecule has 24 heavy (non-hydrogen) atoms. The number of rotatable bonds is 5. The fourth-order valence-corrected chi connectivity index (χ4v) is 3.05. The molecule has 1 saturated carbocycles. The molecule has 1 heterocycles. The van der Waals surface area contributed by atoms with Crippen LogP contribution in [0.15, 0.2) is 36.5 Å². The first-order valence-corrected chi connectivity index (χ1v) is 8.30. The van der Waals surface area contributed by atoms with Crippen LogP contribution in [0.4, 0.5) is 0 Å². The molecular weight excluding hydrogens is 306 g/mol. The van der Waals surface area contributed by atoms with Gasteiger partial charge in [-0.05, 0) is 43.2 Å². The summed E-state index contributed by atoms with van der Waals surface area (Å²) in [7, 11) is 1.62. The number of nitrogens with zero attached hydrogens (tertiary/aromatic N) is 2. The minimum absolute atomic E-state index is 0.263. The van der Waals surface area contributed by atoms with Gasteiger partial charge in [0.15, 0.2) is 5.69 Å². The number of methoxy groups -OCH3 is 1. The zero-order chi connectivity index (χ0) is 17.0. The summed E-state index contributed by atoms with van der Waals surface area (Å²) in [5, 5.41) is 17.6. The van der Waals surface area contributed by atoms with Crippen LogP contribution in [0.1, 0.15) is 42.6 Å². The Bertz CT molecular complexity index is 688. The highest BCUT2D eigenvalue weighted by atomic mass is 16.5. The standard InChI is InChI=1S/C18H23N3O3/c1-24-15-7-5-14(6-8-15)21-12-9-16(20-21)17(22)19-13-18(23)10-3-2-4-11-18/h5-9,12,23H,2-4,10-11,13H2,1H3,(H,19,22). The van der Waals surface area contributed by atoms with Crippen molar-refractivity contribution < 1.29 is 14.6 Å². The van der Waals surface area contributed by atoms with E-state index >= 15 is 0 Å². The number of amides is 1. The number of carbonyl (C=O) groups excluding carboxylic acids is 1. The zero-order valence-electron chi connectivity index (χ0n) is 13.9. The summed E-state index contributed by atoms with van der Waals surface area (Å²) in [4.78, 5) is 12.3. The minimum atomic E-state index is -0.771. The smallest absolute Gasteiger partial charge is 0.271 e. The van der Waals surface area contributed by atoms with E-state index in [0.29, 0.717) is 5.69 Å². The van der Waals surface area contributed by atoms with Crippen LogP contribution in [-0.4, -0.2) is 40.0 Å². The molecule has 0 aliphatic heterocycles. The molecule has 2 aromatic rings. The summed E-state index contributed by atoms with van der Waals surface area (Å²) in [6.45, 7) is 0.279. The van der Waals surface area contributed by atoms with E-state index in [1.165, 1.54) is 0 Å². The van der Waals surface area contributed by atoms with Crippen molar-refractivity contribution in [3.8, 4) is 11.4 Å². The molecule has 0 saturated heterocycles. The largest absolute Gasteiger partial charge is 0.497 e. The third-order valence-electron chi connectivity index (χ3n) is 4.52. The van der Waals surface area contributed by atoms with E-state index in [4.69, 9.17) is 4.74 Å². The monoisotopic (exact) mass is 329 g/mol. The molecule has 0 spiro atoms. The average Bonchev–Trinajstić information content (AvgIpc) is 3.11. The van der Waals surface area contributed by atoms with Crippen molar-refractivity contribution in [2.45, 2.75) is 37.7 Å². The summed E-state index contributed by atoms with van der Waals surface area (Å²) in [5.74, 6) is 0.505. The molecule has 0 atom stereocenters. The molecule has 128 valence electrons. The third kappa shape index (κ3) is 3.76. The van der Waals surface area contributed by atoms with Gasteiger partial charge in [-0.15, -0.1) is 0 Å². The second-order valence-corrected chi connectivity index (χ2v) is 6.31. The van der Waals surface area contributed by atoms with Crippen molar-refractivity contribution in [1.29, 1.82) is 0 Å². The number of aliphatic hydroxyl groups is 1. The van der Waals surface area contributed by atoms with Crippen LogP contribution in [0.5, 0.6) is 5.75 Å². The van der Waals surface area contributed by atoms with Crippen LogP contribution in [0.2, 0.25) is 0 Å². The Labute approximate surface area is 141 Å². The molecule has 1 aromatic heterocycles. The molecule has 1 aromatic carbocycles. The summed E-state index contributed by atoms with van der Waals surface area (Å²) in [5.41, 5.74) is 0.415. The lowest BCUT2D eigenvalue weighted by Gasteiger charge is -2.31. The number of hydrogen-bond acceptors (Lipinski definition) is 4. The number of hydrogen-bond donors (Lipinski definition) is 2. The number of carbonyl (C=O) groups is 1. The van der Waals surface area contributed by atoms with Crippen molar-refractivity contribution in [3.05, 3.63) is 42.2 Å². The minimum Gasteiger partial charge on any atom is -0.497 e. The highest BCUT2D eigenvalue weighted by Gasteiger charge is 2.29. The second kappa shape index (κ2) is 7.05. The first-order chi connectivity index (χ1) is 11.6. The first-order valence-electron chi connectivity index (χ1n) is 8.30. The van der Waals surface area contributed by atoms with Gasteiger partial charge in [-0.3, -0.25) is 4.79 Å². The summed E-state index contributed by atoms with van der Waals surface area (Å²) in [6, 6.07) is 9.10. The Morgan fingerprint density at radius 2 is 1.96 bits per heavy atom. The van der Waals surface area contributed by atoms with Crippen LogP contribution >= 0.6 is 0 Å². The van der Waals surface area contributed by atoms with Gasteiger partial charge in [-0.1, -0.05) is 19.3 Å². The Morgan fingerprint density at radius 3 is 2.62 bits per heavy atom. The third-order valence-corrected chi connectivity index (χ3v) is 4.52. The lowest BCUT2D eigenvalue weighted by atomic mass is 9.85. The van der Waals surface area contributed by atoms with Crippen LogP contribution in [0, 0.1) is 0 Å². The molecule has 1 aliphatic rings. The number of aromatic nitrogens is 2. The maximum absolute atomic E-state index is 12.3. The molecule has 1 aliphatic carbocycles. The maximum atomic E-state index is 12.3. The van der Waals surface area contributed by atoms with E-state index in [1.54, 1.807) is 24.1 Å². The quantitative estimate of drug-likeness (QED) is 0.882. The predicted octanol–water partition coefficient (Wildman–Crippen LogP) is 2.31. The fraction of sp³-hybridized carbons (Fsp3) is 0.444. The van der Waals surface area contributed by atoms with Gasteiger partial charge in [0, 0.05) is 12.7 Å². The van der Waals surface area contributed by atoms with Gasteiger partial charge in [0.25, 0.3) is 5.91 Å². The van der Waals surface area contributed by atoms with Crippen molar-refractivity contribution in [2.24, 2.45) is 0 Å². The molecule has 0 bridgehead atoms. The van der Waals surface area contributed by atoms with Gasteiger partial charge >= 0.3 is 0 Å². The molecule has 0 radical (unpaired) electrons.